The van der Waals surface area contributed by atoms with E-state index in [1.54, 1.807) is 7.11 Å². The Kier molecular flexibility index (Phi) is 8.04. The van der Waals surface area contributed by atoms with Gasteiger partial charge in [-0.2, -0.15) is 0 Å². The fourth-order valence-electron chi connectivity index (χ4n) is 2.48. The topological polar surface area (TPSA) is 93.7 Å². The molecule has 29 heavy (non-hydrogen) atoms. The van der Waals surface area contributed by atoms with Crippen LogP contribution in [0.2, 0.25) is 0 Å². The van der Waals surface area contributed by atoms with Crippen molar-refractivity contribution in [1.82, 2.24) is 10.0 Å². The van der Waals surface area contributed by atoms with Gasteiger partial charge < -0.3 is 14.8 Å². The predicted molar refractivity (Wildman–Crippen MR) is 112 cm³/mol. The number of carbonyl (C=O) groups is 1. The number of methoxy groups -OCH3 is 1. The summed E-state index contributed by atoms with van der Waals surface area (Å²) in [7, 11) is -1.95. The number of sulfonamides is 1. The molecule has 0 aliphatic heterocycles. The quantitative estimate of drug-likeness (QED) is 0.616. The average Bonchev–Trinajstić information content (AvgIpc) is 2.71. The molecular formula is C21H28N2O5S. The van der Waals surface area contributed by atoms with Crippen LogP contribution in [0.1, 0.15) is 32.4 Å². The molecule has 0 spiro atoms. The van der Waals surface area contributed by atoms with E-state index in [2.05, 4.69) is 10.0 Å². The van der Waals surface area contributed by atoms with Crippen LogP contribution in [0.25, 0.3) is 0 Å². The molecule has 0 heterocycles. The summed E-state index contributed by atoms with van der Waals surface area (Å²) in [4.78, 5) is 12.3. The minimum atomic E-state index is -3.55. The standard InChI is InChI=1S/C21H28N2O5S/c1-15(2)13-22-29(25,26)20-11-9-19(10-12-20)28-14-21(24)23-16(3)17-5-7-18(27-4)8-6-17/h5-12,15-16,22H,13-14H2,1-4H3,(H,23,24)/t16-/m1/s1. The Bertz CT molecular complexity index is 894. The minimum absolute atomic E-state index is 0.156. The molecule has 2 rings (SSSR count). The van der Waals surface area contributed by atoms with Crippen LogP contribution in [0.5, 0.6) is 11.5 Å². The highest BCUT2D eigenvalue weighted by molar-refractivity contribution is 7.89. The minimum Gasteiger partial charge on any atom is -0.497 e. The third kappa shape index (κ3) is 7.07. The summed E-state index contributed by atoms with van der Waals surface area (Å²) in [5, 5.41) is 2.86. The molecule has 0 saturated heterocycles. The van der Waals surface area contributed by atoms with Crippen molar-refractivity contribution in [2.75, 3.05) is 20.3 Å². The monoisotopic (exact) mass is 420 g/mol. The van der Waals surface area contributed by atoms with Crippen LogP contribution in [-0.4, -0.2) is 34.6 Å². The zero-order valence-corrected chi connectivity index (χ0v) is 18.0. The summed E-state index contributed by atoms with van der Waals surface area (Å²) < 4.78 is 37.5. The summed E-state index contributed by atoms with van der Waals surface area (Å²) >= 11 is 0. The Morgan fingerprint density at radius 2 is 1.55 bits per heavy atom. The highest BCUT2D eigenvalue weighted by Crippen LogP contribution is 2.18. The molecule has 1 amide bonds. The van der Waals surface area contributed by atoms with Gasteiger partial charge in [0.05, 0.1) is 18.0 Å². The smallest absolute Gasteiger partial charge is 0.258 e. The van der Waals surface area contributed by atoms with Gasteiger partial charge in [-0.25, -0.2) is 13.1 Å². The third-order valence-electron chi connectivity index (χ3n) is 4.18. The Labute approximate surface area is 172 Å². The lowest BCUT2D eigenvalue weighted by molar-refractivity contribution is -0.123. The summed E-state index contributed by atoms with van der Waals surface area (Å²) in [5.41, 5.74) is 0.947. The van der Waals surface area contributed by atoms with Gasteiger partial charge in [-0.1, -0.05) is 26.0 Å². The maximum Gasteiger partial charge on any atom is 0.258 e. The number of hydrogen-bond donors (Lipinski definition) is 2. The van der Waals surface area contributed by atoms with E-state index in [0.717, 1.165) is 11.3 Å². The van der Waals surface area contributed by atoms with E-state index in [1.807, 2.05) is 45.0 Å². The number of ether oxygens (including phenoxy) is 2. The average molecular weight is 421 g/mol. The largest absolute Gasteiger partial charge is 0.497 e. The molecule has 0 aliphatic rings. The Morgan fingerprint density at radius 3 is 2.10 bits per heavy atom. The summed E-state index contributed by atoms with van der Waals surface area (Å²) in [6.07, 6.45) is 0. The first-order chi connectivity index (χ1) is 13.7. The van der Waals surface area contributed by atoms with Crippen molar-refractivity contribution >= 4 is 15.9 Å². The second-order valence-corrected chi connectivity index (χ2v) is 8.84. The molecule has 0 radical (unpaired) electrons. The van der Waals surface area contributed by atoms with Gasteiger partial charge in [-0.05, 0) is 54.8 Å². The fourth-order valence-corrected chi connectivity index (χ4v) is 3.70. The van der Waals surface area contributed by atoms with E-state index < -0.39 is 10.0 Å². The van der Waals surface area contributed by atoms with Crippen molar-refractivity contribution in [3.05, 3.63) is 54.1 Å². The van der Waals surface area contributed by atoms with Crippen LogP contribution in [0, 0.1) is 5.92 Å². The van der Waals surface area contributed by atoms with Gasteiger partial charge in [-0.15, -0.1) is 0 Å². The van der Waals surface area contributed by atoms with Crippen molar-refractivity contribution in [2.24, 2.45) is 5.92 Å². The van der Waals surface area contributed by atoms with Crippen LogP contribution < -0.4 is 19.5 Å². The molecule has 0 aromatic heterocycles. The zero-order chi connectivity index (χ0) is 21.4. The third-order valence-corrected chi connectivity index (χ3v) is 5.62. The van der Waals surface area contributed by atoms with Gasteiger partial charge in [0.2, 0.25) is 10.0 Å². The number of nitrogens with one attached hydrogen (secondary N) is 2. The fraction of sp³-hybridized carbons (Fsp3) is 0.381. The molecule has 8 heteroatoms. The predicted octanol–water partition coefficient (Wildman–Crippen LogP) is 2.89. The van der Waals surface area contributed by atoms with Gasteiger partial charge in [0, 0.05) is 6.54 Å². The first-order valence-corrected chi connectivity index (χ1v) is 10.9. The molecule has 0 bridgehead atoms. The Balaban J connectivity index is 1.86. The van der Waals surface area contributed by atoms with Crippen molar-refractivity contribution in [3.63, 3.8) is 0 Å². The number of carbonyl (C=O) groups excluding carboxylic acids is 1. The van der Waals surface area contributed by atoms with Gasteiger partial charge >= 0.3 is 0 Å². The lowest BCUT2D eigenvalue weighted by Crippen LogP contribution is -2.31. The van der Waals surface area contributed by atoms with Crippen LogP contribution in [-0.2, 0) is 14.8 Å². The molecule has 1 atom stereocenters. The van der Waals surface area contributed by atoms with E-state index in [4.69, 9.17) is 9.47 Å². The number of hydrogen-bond acceptors (Lipinski definition) is 5. The second-order valence-electron chi connectivity index (χ2n) is 7.07. The van der Waals surface area contributed by atoms with Gasteiger partial charge in [0.25, 0.3) is 5.91 Å². The molecule has 0 saturated carbocycles. The summed E-state index contributed by atoms with van der Waals surface area (Å²) in [5.74, 6) is 1.11. The lowest BCUT2D eigenvalue weighted by atomic mass is 10.1. The van der Waals surface area contributed by atoms with E-state index in [1.165, 1.54) is 24.3 Å². The molecule has 7 nitrogen and oxygen atoms in total. The highest BCUT2D eigenvalue weighted by Gasteiger charge is 2.15. The maximum absolute atomic E-state index is 12.2. The molecule has 158 valence electrons. The molecule has 2 aromatic rings. The lowest BCUT2D eigenvalue weighted by Gasteiger charge is -2.15. The van der Waals surface area contributed by atoms with E-state index >= 15 is 0 Å². The molecule has 0 unspecified atom stereocenters. The summed E-state index contributed by atoms with van der Waals surface area (Å²) in [6.45, 7) is 5.94. The van der Waals surface area contributed by atoms with E-state index in [9.17, 15) is 13.2 Å². The van der Waals surface area contributed by atoms with E-state index in [-0.39, 0.29) is 29.4 Å². The van der Waals surface area contributed by atoms with Crippen molar-refractivity contribution < 1.29 is 22.7 Å². The highest BCUT2D eigenvalue weighted by atomic mass is 32.2. The SMILES string of the molecule is COc1ccc([C@@H](C)NC(=O)COc2ccc(S(=O)(=O)NCC(C)C)cc2)cc1. The molecular weight excluding hydrogens is 392 g/mol. The van der Waals surface area contributed by atoms with Crippen LogP contribution in [0.4, 0.5) is 0 Å². The molecule has 0 aliphatic carbocycles. The van der Waals surface area contributed by atoms with Crippen LogP contribution in [0.3, 0.4) is 0 Å². The molecule has 0 fully saturated rings. The van der Waals surface area contributed by atoms with E-state index in [0.29, 0.717) is 12.3 Å². The first kappa shape index (κ1) is 22.7. The number of amides is 1. The van der Waals surface area contributed by atoms with Crippen LogP contribution >= 0.6 is 0 Å². The Morgan fingerprint density at radius 1 is 0.966 bits per heavy atom. The number of rotatable bonds is 10. The zero-order valence-electron chi connectivity index (χ0n) is 17.1. The van der Waals surface area contributed by atoms with Gasteiger partial charge in [0.1, 0.15) is 11.5 Å². The maximum atomic E-state index is 12.2. The van der Waals surface area contributed by atoms with Gasteiger partial charge in [-0.3, -0.25) is 4.79 Å². The first-order valence-electron chi connectivity index (χ1n) is 9.37. The second kappa shape index (κ2) is 10.3. The van der Waals surface area contributed by atoms with Gasteiger partial charge in [0.15, 0.2) is 6.61 Å². The molecule has 2 N–H and O–H groups in total. The Hall–Kier alpha value is -2.58. The van der Waals surface area contributed by atoms with Crippen molar-refractivity contribution in [1.29, 1.82) is 0 Å². The normalized spacial score (nSPS) is 12.4. The van der Waals surface area contributed by atoms with Crippen LogP contribution in [0.15, 0.2) is 53.4 Å². The van der Waals surface area contributed by atoms with Crippen molar-refractivity contribution in [2.45, 2.75) is 31.7 Å². The number of benzene rings is 2. The summed E-state index contributed by atoms with van der Waals surface area (Å²) in [6, 6.07) is 13.2. The molecule has 2 aromatic carbocycles. The van der Waals surface area contributed by atoms with Crippen molar-refractivity contribution in [3.8, 4) is 11.5 Å².